The van der Waals surface area contributed by atoms with Gasteiger partial charge in [0, 0.05) is 12.2 Å². The van der Waals surface area contributed by atoms with Crippen LogP contribution in [0.5, 0.6) is 0 Å². The molecule has 8 heteroatoms. The van der Waals surface area contributed by atoms with Gasteiger partial charge in [-0.15, -0.1) is 16.8 Å². The lowest BCUT2D eigenvalue weighted by atomic mass is 10.1. The number of halogens is 2. The molecular formula is C14H13Cl2N3OS2. The zero-order chi connectivity index (χ0) is 15.9. The number of hydrogen-bond acceptors (Lipinski definition) is 5. The molecule has 0 saturated carbocycles. The van der Waals surface area contributed by atoms with E-state index in [4.69, 9.17) is 23.2 Å². The number of nitrogens with one attached hydrogen (secondary N) is 1. The van der Waals surface area contributed by atoms with E-state index in [1.54, 1.807) is 18.2 Å². The predicted octanol–water partition coefficient (Wildman–Crippen LogP) is 4.69. The summed E-state index contributed by atoms with van der Waals surface area (Å²) in [5.74, 6) is 0.655. The summed E-state index contributed by atoms with van der Waals surface area (Å²) in [5, 5.41) is 12.2. The smallest absolute Gasteiger partial charge is 0.226 e. The summed E-state index contributed by atoms with van der Waals surface area (Å²) in [4.78, 5) is 11.9. The second-order valence-corrected chi connectivity index (χ2v) is 7.33. The molecule has 0 aliphatic heterocycles. The molecule has 4 nitrogen and oxygen atoms in total. The number of anilines is 1. The number of hydrogen-bond donors (Lipinski definition) is 1. The maximum Gasteiger partial charge on any atom is 0.226 e. The Hall–Kier alpha value is -1.08. The van der Waals surface area contributed by atoms with Crippen LogP contribution in [0.3, 0.4) is 0 Å². The maximum absolute atomic E-state index is 11.9. The first kappa shape index (κ1) is 17.3. The molecule has 0 fully saturated rings. The van der Waals surface area contributed by atoms with Crippen molar-refractivity contribution in [1.82, 2.24) is 10.2 Å². The molecule has 1 amide bonds. The monoisotopic (exact) mass is 373 g/mol. The minimum absolute atomic E-state index is 0.109. The van der Waals surface area contributed by atoms with E-state index < -0.39 is 0 Å². The summed E-state index contributed by atoms with van der Waals surface area (Å²) in [5.41, 5.74) is 0.962. The van der Waals surface area contributed by atoms with Gasteiger partial charge in [0.15, 0.2) is 4.34 Å². The minimum Gasteiger partial charge on any atom is -0.300 e. The Balaban J connectivity index is 1.83. The average Bonchev–Trinajstić information content (AvgIpc) is 2.94. The van der Waals surface area contributed by atoms with Crippen molar-refractivity contribution >= 4 is 57.3 Å². The quantitative estimate of drug-likeness (QED) is 0.434. The molecule has 1 N–H and O–H groups in total. The second-order valence-electron chi connectivity index (χ2n) is 4.27. The molecule has 0 saturated heterocycles. The molecule has 0 unspecified atom stereocenters. The average molecular weight is 374 g/mol. The van der Waals surface area contributed by atoms with E-state index >= 15 is 0 Å². The number of carbonyl (C=O) groups excluding carboxylic acids is 1. The Morgan fingerprint density at radius 3 is 2.91 bits per heavy atom. The molecule has 116 valence electrons. The van der Waals surface area contributed by atoms with E-state index in [1.165, 1.54) is 23.1 Å². The highest BCUT2D eigenvalue weighted by Gasteiger charge is 2.09. The van der Waals surface area contributed by atoms with E-state index in [2.05, 4.69) is 22.1 Å². The molecule has 0 atom stereocenters. The van der Waals surface area contributed by atoms with E-state index in [1.807, 2.05) is 6.07 Å². The van der Waals surface area contributed by atoms with Crippen LogP contribution in [0.25, 0.3) is 0 Å². The molecule has 1 aromatic carbocycles. The number of benzene rings is 1. The summed E-state index contributed by atoms with van der Waals surface area (Å²) >= 11 is 14.7. The molecule has 0 bridgehead atoms. The van der Waals surface area contributed by atoms with Crippen LogP contribution >= 0.6 is 46.3 Å². The van der Waals surface area contributed by atoms with E-state index in [0.29, 0.717) is 28.0 Å². The Morgan fingerprint density at radius 2 is 2.18 bits per heavy atom. The zero-order valence-electron chi connectivity index (χ0n) is 11.5. The van der Waals surface area contributed by atoms with Crippen LogP contribution in [0, 0.1) is 0 Å². The van der Waals surface area contributed by atoms with Crippen LogP contribution in [0.1, 0.15) is 12.0 Å². The molecule has 22 heavy (non-hydrogen) atoms. The fourth-order valence-electron chi connectivity index (χ4n) is 1.58. The summed E-state index contributed by atoms with van der Waals surface area (Å²) in [6.45, 7) is 3.64. The van der Waals surface area contributed by atoms with Crippen molar-refractivity contribution in [1.29, 1.82) is 0 Å². The third kappa shape index (κ3) is 5.28. The number of aryl methyl sites for hydroxylation is 1. The largest absolute Gasteiger partial charge is 0.300 e. The lowest BCUT2D eigenvalue weighted by Crippen LogP contribution is -2.12. The molecule has 0 spiro atoms. The van der Waals surface area contributed by atoms with Crippen LogP contribution in [-0.2, 0) is 11.2 Å². The van der Waals surface area contributed by atoms with Crippen LogP contribution in [0.15, 0.2) is 35.2 Å². The van der Waals surface area contributed by atoms with Crippen LogP contribution in [-0.4, -0.2) is 21.9 Å². The van der Waals surface area contributed by atoms with Crippen molar-refractivity contribution in [3.05, 3.63) is 46.5 Å². The van der Waals surface area contributed by atoms with Gasteiger partial charge in [0.25, 0.3) is 0 Å². The Bertz CT molecular complexity index is 676. The third-order valence-corrected chi connectivity index (χ3v) is 5.31. The van der Waals surface area contributed by atoms with Crippen LogP contribution < -0.4 is 5.32 Å². The van der Waals surface area contributed by atoms with Gasteiger partial charge in [-0.2, -0.15) is 0 Å². The number of nitrogens with zero attached hydrogens (tertiary/aromatic N) is 2. The van der Waals surface area contributed by atoms with Crippen molar-refractivity contribution in [2.75, 3.05) is 11.1 Å². The van der Waals surface area contributed by atoms with E-state index in [0.717, 1.165) is 15.7 Å². The maximum atomic E-state index is 11.9. The van der Waals surface area contributed by atoms with Gasteiger partial charge in [-0.1, -0.05) is 58.4 Å². The Morgan fingerprint density at radius 1 is 1.36 bits per heavy atom. The first-order valence-electron chi connectivity index (χ1n) is 6.39. The highest BCUT2D eigenvalue weighted by atomic mass is 35.5. The number of thioether (sulfide) groups is 1. The highest BCUT2D eigenvalue weighted by molar-refractivity contribution is 8.01. The first-order chi connectivity index (χ1) is 10.6. The highest BCUT2D eigenvalue weighted by Crippen LogP contribution is 2.26. The van der Waals surface area contributed by atoms with Crippen LogP contribution in [0.2, 0.25) is 10.0 Å². The number of amides is 1. The topological polar surface area (TPSA) is 54.9 Å². The summed E-state index contributed by atoms with van der Waals surface area (Å²) in [7, 11) is 0. The SMILES string of the molecule is C=CCSc1nnc(NC(=O)CCc2ccc(Cl)c(Cl)c2)s1. The van der Waals surface area contributed by atoms with Gasteiger partial charge in [0.05, 0.1) is 10.0 Å². The fraction of sp³-hybridized carbons (Fsp3) is 0.214. The van der Waals surface area contributed by atoms with Gasteiger partial charge in [0.2, 0.25) is 11.0 Å². The minimum atomic E-state index is -0.109. The molecule has 2 rings (SSSR count). The number of aromatic nitrogens is 2. The molecule has 2 aromatic rings. The van der Waals surface area contributed by atoms with Crippen molar-refractivity contribution in [3.63, 3.8) is 0 Å². The number of rotatable bonds is 7. The third-order valence-electron chi connectivity index (χ3n) is 2.60. The molecule has 1 heterocycles. The van der Waals surface area contributed by atoms with Crippen molar-refractivity contribution in [2.45, 2.75) is 17.2 Å². The van der Waals surface area contributed by atoms with Gasteiger partial charge < -0.3 is 5.32 Å². The summed E-state index contributed by atoms with van der Waals surface area (Å²) in [6, 6.07) is 5.35. The van der Waals surface area contributed by atoms with Crippen LogP contribution in [0.4, 0.5) is 5.13 Å². The standard InChI is InChI=1S/C14H13Cl2N3OS2/c1-2-7-21-14-19-18-13(22-14)17-12(20)6-4-9-3-5-10(15)11(16)8-9/h2-3,5,8H,1,4,6-7H2,(H,17,18,20). The Kier molecular flexibility index (Phi) is 6.70. The molecule has 0 aliphatic rings. The molecular weight excluding hydrogens is 361 g/mol. The van der Waals surface area contributed by atoms with E-state index in [9.17, 15) is 4.79 Å². The lowest BCUT2D eigenvalue weighted by Gasteiger charge is -2.03. The molecule has 0 aliphatic carbocycles. The van der Waals surface area contributed by atoms with Crippen molar-refractivity contribution in [3.8, 4) is 0 Å². The normalized spacial score (nSPS) is 10.5. The first-order valence-corrected chi connectivity index (χ1v) is 8.95. The van der Waals surface area contributed by atoms with Gasteiger partial charge in [-0.05, 0) is 24.1 Å². The Labute approximate surface area is 146 Å². The van der Waals surface area contributed by atoms with Crippen molar-refractivity contribution < 1.29 is 4.79 Å². The summed E-state index contributed by atoms with van der Waals surface area (Å²) < 4.78 is 0.805. The van der Waals surface area contributed by atoms with Gasteiger partial charge in [0.1, 0.15) is 0 Å². The zero-order valence-corrected chi connectivity index (χ0v) is 14.7. The lowest BCUT2D eigenvalue weighted by molar-refractivity contribution is -0.116. The van der Waals surface area contributed by atoms with E-state index in [-0.39, 0.29) is 5.91 Å². The van der Waals surface area contributed by atoms with Crippen molar-refractivity contribution in [2.24, 2.45) is 0 Å². The summed E-state index contributed by atoms with van der Waals surface area (Å²) in [6.07, 6.45) is 2.72. The second kappa shape index (κ2) is 8.53. The fourth-order valence-corrected chi connectivity index (χ4v) is 3.43. The predicted molar refractivity (Wildman–Crippen MR) is 94.2 cm³/mol. The van der Waals surface area contributed by atoms with Gasteiger partial charge >= 0.3 is 0 Å². The molecule has 1 aromatic heterocycles. The van der Waals surface area contributed by atoms with Gasteiger partial charge in [-0.25, -0.2) is 0 Å². The van der Waals surface area contributed by atoms with Gasteiger partial charge in [-0.3, -0.25) is 4.79 Å². The molecule has 0 radical (unpaired) electrons. The number of carbonyl (C=O) groups is 1.